The van der Waals surface area contributed by atoms with E-state index in [1.54, 1.807) is 26.2 Å². The molecule has 15 nitrogen and oxygen atoms in total. The quantitative estimate of drug-likeness (QED) is 0.100. The summed E-state index contributed by atoms with van der Waals surface area (Å²) in [5.41, 5.74) is 0.917. The summed E-state index contributed by atoms with van der Waals surface area (Å²) < 4.78 is 1.81. The normalized spacial score (nSPS) is 29.3. The molecule has 0 bridgehead atoms. The third-order valence-electron chi connectivity index (χ3n) is 9.41. The van der Waals surface area contributed by atoms with Crippen molar-refractivity contribution in [3.05, 3.63) is 64.1 Å². The van der Waals surface area contributed by atoms with E-state index in [2.05, 4.69) is 15.6 Å². The van der Waals surface area contributed by atoms with Crippen molar-refractivity contribution in [3.8, 4) is 5.75 Å². The zero-order valence-electron chi connectivity index (χ0n) is 25.4. The fraction of sp³-hybridized carbons (Fsp3) is 0.467. The van der Waals surface area contributed by atoms with Crippen molar-refractivity contribution in [1.29, 1.82) is 0 Å². The van der Waals surface area contributed by atoms with Gasteiger partial charge < -0.3 is 51.6 Å². The number of aryl methyl sites for hydroxylation is 1. The number of likely N-dealkylation sites (N-methyl/N-ethyl adjacent to an activating group) is 1. The minimum Gasteiger partial charge on any atom is -0.510 e. The molecule has 1 aromatic heterocycles. The molecule has 7 unspecified atom stereocenters. The fourth-order valence-corrected chi connectivity index (χ4v) is 6.95. The van der Waals surface area contributed by atoms with Crippen molar-refractivity contribution >= 4 is 23.2 Å². The summed E-state index contributed by atoms with van der Waals surface area (Å²) in [6, 6.07) is 1.12. The molecule has 0 aliphatic heterocycles. The highest BCUT2D eigenvalue weighted by atomic mass is 16.4. The molecule has 1 aromatic carbocycles. The van der Waals surface area contributed by atoms with Gasteiger partial charge in [0.25, 0.3) is 5.91 Å². The molecule has 0 saturated heterocycles. The predicted molar refractivity (Wildman–Crippen MR) is 159 cm³/mol. The molecule has 5 rings (SSSR count). The van der Waals surface area contributed by atoms with Gasteiger partial charge in [0.15, 0.2) is 11.4 Å². The number of aliphatic hydroxyl groups excluding tert-OH is 4. The Balaban J connectivity index is 1.54. The number of nitrogens with one attached hydrogen (secondary N) is 2. The topological polar surface area (TPSA) is 244 Å². The zero-order chi connectivity index (χ0) is 33.3. The molecule has 0 saturated carbocycles. The summed E-state index contributed by atoms with van der Waals surface area (Å²) in [7, 11) is 4.77. The lowest BCUT2D eigenvalue weighted by molar-refractivity contribution is -0.162. The van der Waals surface area contributed by atoms with Crippen LogP contribution in [0.15, 0.2) is 47.2 Å². The SMILES string of the molecule is CC(NCc1nccn1C)C(O)Nc1ccc2c(c1O)C(=O)C1=C(O)C3(O)C(=O)C(C(N)=O)=C(O)[C@@H](N(C)C)C3C(O)C1C2C. The molecule has 1 heterocycles. The number of primary amides is 1. The summed E-state index contributed by atoms with van der Waals surface area (Å²) in [6.45, 7) is 3.68. The van der Waals surface area contributed by atoms with Crippen LogP contribution in [0, 0.1) is 11.8 Å². The highest BCUT2D eigenvalue weighted by Crippen LogP contribution is 2.56. The number of carbonyl (C=O) groups is 3. The monoisotopic (exact) mass is 626 g/mol. The number of benzene rings is 1. The van der Waals surface area contributed by atoms with Gasteiger partial charge in [0.1, 0.15) is 34.9 Å². The second-order valence-electron chi connectivity index (χ2n) is 12.2. The van der Waals surface area contributed by atoms with E-state index in [0.717, 1.165) is 5.82 Å². The van der Waals surface area contributed by atoms with Crippen LogP contribution >= 0.6 is 0 Å². The van der Waals surface area contributed by atoms with Gasteiger partial charge in [-0.05, 0) is 38.6 Å². The Labute approximate surface area is 258 Å². The number of phenolic OH excluding ortho intramolecular Hbond substituents is 1. The van der Waals surface area contributed by atoms with E-state index in [0.29, 0.717) is 12.1 Å². The number of nitrogens with zero attached hydrogens (tertiary/aromatic N) is 3. The number of aromatic nitrogens is 2. The molecule has 1 amide bonds. The first kappa shape index (κ1) is 32.1. The van der Waals surface area contributed by atoms with Gasteiger partial charge in [-0.15, -0.1) is 0 Å². The van der Waals surface area contributed by atoms with Crippen LogP contribution in [0.25, 0.3) is 0 Å². The van der Waals surface area contributed by atoms with Gasteiger partial charge in [0.05, 0.1) is 35.9 Å². The number of ketones is 2. The van der Waals surface area contributed by atoms with E-state index in [1.165, 1.54) is 31.1 Å². The molecule has 45 heavy (non-hydrogen) atoms. The molecule has 2 aromatic rings. The summed E-state index contributed by atoms with van der Waals surface area (Å²) in [5.74, 6) is -9.01. The van der Waals surface area contributed by atoms with Crippen molar-refractivity contribution in [2.24, 2.45) is 24.6 Å². The van der Waals surface area contributed by atoms with Crippen LogP contribution in [0.3, 0.4) is 0 Å². The third kappa shape index (κ3) is 4.69. The van der Waals surface area contributed by atoms with E-state index >= 15 is 0 Å². The zero-order valence-corrected chi connectivity index (χ0v) is 25.4. The minimum absolute atomic E-state index is 0.00999. The van der Waals surface area contributed by atoms with E-state index in [4.69, 9.17) is 5.73 Å². The number of aromatic hydroxyl groups is 1. The van der Waals surface area contributed by atoms with Crippen LogP contribution in [-0.4, -0.2) is 107 Å². The first-order chi connectivity index (χ1) is 21.0. The first-order valence-electron chi connectivity index (χ1n) is 14.4. The Morgan fingerprint density at radius 3 is 2.47 bits per heavy atom. The minimum atomic E-state index is -3.00. The molecule has 15 heteroatoms. The number of amides is 1. The smallest absolute Gasteiger partial charge is 0.255 e. The van der Waals surface area contributed by atoms with Crippen LogP contribution in [0.4, 0.5) is 5.69 Å². The number of rotatable bonds is 8. The van der Waals surface area contributed by atoms with Crippen LogP contribution in [-0.2, 0) is 23.2 Å². The Kier molecular flexibility index (Phi) is 8.04. The molecular weight excluding hydrogens is 588 g/mol. The molecule has 10 N–H and O–H groups in total. The van der Waals surface area contributed by atoms with Gasteiger partial charge in [0, 0.05) is 37.0 Å². The number of fused-ring (bicyclic) bond motifs is 3. The second kappa shape index (κ2) is 11.3. The third-order valence-corrected chi connectivity index (χ3v) is 9.41. The maximum atomic E-state index is 14.0. The molecule has 0 fully saturated rings. The predicted octanol–water partition coefficient (Wildman–Crippen LogP) is -0.705. The van der Waals surface area contributed by atoms with Crippen molar-refractivity contribution in [2.75, 3.05) is 19.4 Å². The fourth-order valence-electron chi connectivity index (χ4n) is 6.95. The lowest BCUT2D eigenvalue weighted by Crippen LogP contribution is -2.68. The average molecular weight is 627 g/mol. The van der Waals surface area contributed by atoms with Gasteiger partial charge in [-0.25, -0.2) is 4.98 Å². The lowest BCUT2D eigenvalue weighted by atomic mass is 9.55. The van der Waals surface area contributed by atoms with Crippen molar-refractivity contribution in [1.82, 2.24) is 19.8 Å². The summed E-state index contributed by atoms with van der Waals surface area (Å²) in [4.78, 5) is 45.3. The Morgan fingerprint density at radius 1 is 1.22 bits per heavy atom. The van der Waals surface area contributed by atoms with Crippen LogP contribution < -0.4 is 16.4 Å². The molecule has 3 aliphatic rings. The molecular formula is C30H38N6O9. The number of carbonyl (C=O) groups excluding carboxylic acids is 3. The number of Topliss-reactive ketones (excluding diaryl/α,β-unsaturated/α-hetero) is 2. The van der Waals surface area contributed by atoms with E-state index in [1.807, 2.05) is 11.6 Å². The maximum Gasteiger partial charge on any atom is 0.255 e. The lowest BCUT2D eigenvalue weighted by Gasteiger charge is -2.53. The van der Waals surface area contributed by atoms with Crippen molar-refractivity contribution in [3.63, 3.8) is 0 Å². The van der Waals surface area contributed by atoms with Crippen LogP contribution in [0.2, 0.25) is 0 Å². The Hall–Kier alpha value is -4.28. The number of phenols is 1. The molecule has 0 spiro atoms. The van der Waals surface area contributed by atoms with E-state index in [9.17, 15) is 45.0 Å². The highest BCUT2D eigenvalue weighted by molar-refractivity contribution is 6.25. The molecule has 242 valence electrons. The maximum absolute atomic E-state index is 14.0. The molecule has 3 aliphatic carbocycles. The summed E-state index contributed by atoms with van der Waals surface area (Å²) in [5, 5.41) is 74.0. The van der Waals surface area contributed by atoms with Gasteiger partial charge in [-0.2, -0.15) is 0 Å². The van der Waals surface area contributed by atoms with Gasteiger partial charge >= 0.3 is 0 Å². The average Bonchev–Trinajstić information content (AvgIpc) is 3.38. The summed E-state index contributed by atoms with van der Waals surface area (Å²) in [6.07, 6.45) is 0.499. The highest BCUT2D eigenvalue weighted by Gasteiger charge is 2.67. The number of hydrogen-bond donors (Lipinski definition) is 9. The van der Waals surface area contributed by atoms with Crippen molar-refractivity contribution in [2.45, 2.75) is 56.3 Å². The van der Waals surface area contributed by atoms with Gasteiger partial charge in [0.2, 0.25) is 5.78 Å². The number of aliphatic hydroxyl groups is 5. The standard InChI is InChI=1S/C30H38N6O9/c1-11-13-6-7-14(34-29(44)12(2)33-10-15-32-8-9-36(15)5)22(37)17(13)23(38)18-16(11)24(39)20-21(35(3)4)25(40)19(28(31)43)27(42)30(20,45)26(18)41/h6-9,11-12,16,20-21,24,29,33-34,37,39-41,44-45H,10H2,1-5H3,(H2,31,43)/t11?,12?,16?,20?,21-,24?,29?,30?/m0/s1. The van der Waals surface area contributed by atoms with Crippen LogP contribution in [0.5, 0.6) is 5.75 Å². The number of anilines is 1. The number of nitrogens with two attached hydrogens (primary N) is 1. The van der Waals surface area contributed by atoms with Gasteiger partial charge in [-0.1, -0.05) is 13.0 Å². The van der Waals surface area contributed by atoms with Gasteiger partial charge in [-0.3, -0.25) is 19.3 Å². The number of hydrogen-bond acceptors (Lipinski definition) is 13. The summed E-state index contributed by atoms with van der Waals surface area (Å²) >= 11 is 0. The number of imidazole rings is 1. The van der Waals surface area contributed by atoms with E-state index < -0.39 is 93.7 Å². The first-order valence-corrected chi connectivity index (χ1v) is 14.4. The Morgan fingerprint density at radius 2 is 1.89 bits per heavy atom. The molecule has 0 radical (unpaired) electrons. The second-order valence-corrected chi connectivity index (χ2v) is 12.2. The van der Waals surface area contributed by atoms with Crippen LogP contribution in [0.1, 0.15) is 41.5 Å². The Bertz CT molecular complexity index is 1650. The molecule has 8 atom stereocenters. The largest absolute Gasteiger partial charge is 0.510 e. The van der Waals surface area contributed by atoms with E-state index in [-0.39, 0.29) is 11.3 Å². The van der Waals surface area contributed by atoms with Crippen molar-refractivity contribution < 1.29 is 45.0 Å².